The van der Waals surface area contributed by atoms with Gasteiger partial charge in [0.1, 0.15) is 0 Å². The highest BCUT2D eigenvalue weighted by atomic mass is 28.3. The molecule has 0 N–H and O–H groups in total. The highest BCUT2D eigenvalue weighted by Gasteiger charge is 2.34. The molecular formula is C18H28O2Si. The second-order valence-electron chi connectivity index (χ2n) is 5.60. The average Bonchev–Trinajstić information content (AvgIpc) is 2.55. The van der Waals surface area contributed by atoms with Crippen LogP contribution in [-0.4, -0.2) is 21.2 Å². The van der Waals surface area contributed by atoms with E-state index in [1.54, 1.807) is 0 Å². The normalized spacial score (nSPS) is 12.8. The van der Waals surface area contributed by atoms with Crippen molar-refractivity contribution in [2.45, 2.75) is 52.2 Å². The number of allylic oxidation sites excluding steroid dienone is 1. The van der Waals surface area contributed by atoms with Gasteiger partial charge in [-0.15, -0.1) is 0 Å². The predicted octanol–water partition coefficient (Wildman–Crippen LogP) is 4.77. The van der Waals surface area contributed by atoms with Crippen molar-refractivity contribution < 1.29 is 9.53 Å². The highest BCUT2D eigenvalue weighted by molar-refractivity contribution is 6.86. The Balaban J connectivity index is 3.33. The first-order valence-electron chi connectivity index (χ1n) is 7.87. The van der Waals surface area contributed by atoms with Crippen molar-refractivity contribution in [1.82, 2.24) is 0 Å². The largest absolute Gasteiger partial charge is 0.466 e. The molecule has 0 aromatic heterocycles. The molecule has 0 amide bonds. The van der Waals surface area contributed by atoms with Crippen molar-refractivity contribution in [3.63, 3.8) is 0 Å². The highest BCUT2D eigenvalue weighted by Crippen LogP contribution is 2.33. The van der Waals surface area contributed by atoms with Crippen molar-refractivity contribution in [2.24, 2.45) is 0 Å². The number of ether oxygens (including phenoxy) is 1. The van der Waals surface area contributed by atoms with E-state index in [2.05, 4.69) is 45.0 Å². The first kappa shape index (κ1) is 17.7. The van der Waals surface area contributed by atoms with E-state index in [1.165, 1.54) is 36.0 Å². The maximum absolute atomic E-state index is 12.1. The molecule has 1 rings (SSSR count). The van der Waals surface area contributed by atoms with E-state index in [-0.39, 0.29) is 5.97 Å². The number of carbonyl (C=O) groups is 1. The Morgan fingerprint density at radius 1 is 1.05 bits per heavy atom. The molecule has 0 fully saturated rings. The second kappa shape index (κ2) is 8.18. The Morgan fingerprint density at radius 3 is 2.00 bits per heavy atom. The van der Waals surface area contributed by atoms with Gasteiger partial charge in [0.15, 0.2) is 0 Å². The molecule has 0 saturated carbocycles. The lowest BCUT2D eigenvalue weighted by Gasteiger charge is -2.33. The Labute approximate surface area is 130 Å². The van der Waals surface area contributed by atoms with E-state index in [4.69, 9.17) is 4.74 Å². The fourth-order valence-corrected chi connectivity index (χ4v) is 7.44. The third-order valence-corrected chi connectivity index (χ3v) is 10.7. The fourth-order valence-electron chi connectivity index (χ4n) is 3.18. The minimum Gasteiger partial charge on any atom is -0.466 e. The molecule has 1 aromatic carbocycles. The molecule has 0 aliphatic carbocycles. The molecule has 1 aromatic rings. The molecule has 3 heteroatoms. The quantitative estimate of drug-likeness (QED) is 0.412. The van der Waals surface area contributed by atoms with Crippen molar-refractivity contribution in [2.75, 3.05) is 7.11 Å². The van der Waals surface area contributed by atoms with Gasteiger partial charge in [0.2, 0.25) is 0 Å². The first-order valence-corrected chi connectivity index (χ1v) is 10.5. The summed E-state index contributed by atoms with van der Waals surface area (Å²) in [6.45, 7) is 8.76. The summed E-state index contributed by atoms with van der Waals surface area (Å²) in [5.41, 5.74) is 2.11. The molecule has 2 nitrogen and oxygen atoms in total. The molecule has 21 heavy (non-hydrogen) atoms. The van der Waals surface area contributed by atoms with Crippen LogP contribution in [0.2, 0.25) is 18.1 Å². The van der Waals surface area contributed by atoms with Crippen LogP contribution in [0.1, 0.15) is 33.3 Å². The van der Waals surface area contributed by atoms with E-state index in [9.17, 15) is 4.79 Å². The summed E-state index contributed by atoms with van der Waals surface area (Å²) in [5.74, 6) is -0.173. The molecule has 0 saturated heterocycles. The molecule has 116 valence electrons. The summed E-state index contributed by atoms with van der Waals surface area (Å²) in [6.07, 6.45) is 0.878. The van der Waals surface area contributed by atoms with Crippen molar-refractivity contribution in [1.29, 1.82) is 0 Å². The molecular weight excluding hydrogens is 276 g/mol. The summed E-state index contributed by atoms with van der Waals surface area (Å²) >= 11 is 0. The lowest BCUT2D eigenvalue weighted by molar-refractivity contribution is -0.136. The smallest absolute Gasteiger partial charge is 0.333 e. The third kappa shape index (κ3) is 4.07. The van der Waals surface area contributed by atoms with E-state index < -0.39 is 8.07 Å². The predicted molar refractivity (Wildman–Crippen MR) is 92.1 cm³/mol. The number of benzene rings is 1. The maximum atomic E-state index is 12.1. The Kier molecular flexibility index (Phi) is 6.89. The summed E-state index contributed by atoms with van der Waals surface area (Å²) in [7, 11) is -0.122. The SMILES string of the molecule is CC[Si](CC)(CC)/C(Cc1ccccc1)=C(/C)C(=O)OC. The standard InChI is InChI=1S/C18H28O2Si/c1-6-21(7-2,8-3)17(15(4)18(19)20-5)14-16-12-10-9-11-13-16/h9-13H,6-8,14H2,1-5H3/b17-15-. The minimum absolute atomic E-state index is 0.173. The van der Waals surface area contributed by atoms with E-state index >= 15 is 0 Å². The Morgan fingerprint density at radius 2 is 1.57 bits per heavy atom. The van der Waals surface area contributed by atoms with E-state index in [1.807, 2.05) is 13.0 Å². The number of methoxy groups -OCH3 is 1. The monoisotopic (exact) mass is 304 g/mol. The topological polar surface area (TPSA) is 26.3 Å². The number of esters is 1. The van der Waals surface area contributed by atoms with Crippen molar-refractivity contribution in [3.05, 3.63) is 46.7 Å². The van der Waals surface area contributed by atoms with Gasteiger partial charge in [0, 0.05) is 5.57 Å². The van der Waals surface area contributed by atoms with Crippen LogP contribution in [0.15, 0.2) is 41.1 Å². The minimum atomic E-state index is -1.59. The van der Waals surface area contributed by atoms with Gasteiger partial charge >= 0.3 is 5.97 Å². The molecule has 0 aliphatic rings. The van der Waals surface area contributed by atoms with Gasteiger partial charge in [-0.3, -0.25) is 0 Å². The number of carbonyl (C=O) groups excluding carboxylic acids is 1. The summed E-state index contributed by atoms with van der Waals surface area (Å²) in [5, 5.41) is 1.37. The Hall–Kier alpha value is -1.35. The van der Waals surface area contributed by atoms with Crippen LogP contribution in [0.25, 0.3) is 0 Å². The number of rotatable bonds is 7. The number of hydrogen-bond donors (Lipinski definition) is 0. The molecule has 0 heterocycles. The van der Waals surface area contributed by atoms with E-state index in [0.717, 1.165) is 12.0 Å². The zero-order valence-corrected chi connectivity index (χ0v) is 15.0. The second-order valence-corrected chi connectivity index (χ2v) is 10.9. The van der Waals surface area contributed by atoms with Crippen LogP contribution >= 0.6 is 0 Å². The van der Waals surface area contributed by atoms with Gasteiger partial charge in [0.25, 0.3) is 0 Å². The molecule has 0 radical (unpaired) electrons. The summed E-state index contributed by atoms with van der Waals surface area (Å²) < 4.78 is 4.98. The molecule has 0 bridgehead atoms. The van der Waals surface area contributed by atoms with Crippen LogP contribution in [0.3, 0.4) is 0 Å². The van der Waals surface area contributed by atoms with Crippen LogP contribution in [0.4, 0.5) is 0 Å². The zero-order valence-electron chi connectivity index (χ0n) is 14.0. The van der Waals surface area contributed by atoms with Crippen molar-refractivity contribution in [3.8, 4) is 0 Å². The third-order valence-electron chi connectivity index (χ3n) is 4.84. The zero-order chi connectivity index (χ0) is 15.9. The van der Waals surface area contributed by atoms with E-state index in [0.29, 0.717) is 0 Å². The van der Waals surface area contributed by atoms with Crippen molar-refractivity contribution >= 4 is 14.0 Å². The maximum Gasteiger partial charge on any atom is 0.333 e. The van der Waals surface area contributed by atoms with Crippen LogP contribution in [-0.2, 0) is 16.0 Å². The van der Waals surface area contributed by atoms with Gasteiger partial charge in [-0.1, -0.05) is 74.4 Å². The average molecular weight is 305 g/mol. The van der Waals surface area contributed by atoms with Gasteiger partial charge in [-0.05, 0) is 18.9 Å². The van der Waals surface area contributed by atoms with Gasteiger partial charge in [0.05, 0.1) is 15.2 Å². The van der Waals surface area contributed by atoms with Gasteiger partial charge in [-0.2, -0.15) is 0 Å². The molecule has 0 spiro atoms. The number of hydrogen-bond acceptors (Lipinski definition) is 2. The first-order chi connectivity index (χ1) is 10.0. The lowest BCUT2D eigenvalue weighted by Crippen LogP contribution is -2.37. The van der Waals surface area contributed by atoms with Crippen LogP contribution in [0.5, 0.6) is 0 Å². The van der Waals surface area contributed by atoms with Gasteiger partial charge < -0.3 is 4.74 Å². The molecule has 0 unspecified atom stereocenters. The van der Waals surface area contributed by atoms with Crippen LogP contribution < -0.4 is 0 Å². The Bertz CT molecular complexity index is 479. The van der Waals surface area contributed by atoms with Gasteiger partial charge in [-0.25, -0.2) is 4.79 Å². The molecule has 0 atom stereocenters. The lowest BCUT2D eigenvalue weighted by atomic mass is 10.1. The fraction of sp³-hybridized carbons (Fsp3) is 0.500. The van der Waals surface area contributed by atoms with Crippen LogP contribution in [0, 0.1) is 0 Å². The molecule has 0 aliphatic heterocycles. The summed E-state index contributed by atoms with van der Waals surface area (Å²) in [4.78, 5) is 12.1. The summed E-state index contributed by atoms with van der Waals surface area (Å²) in [6, 6.07) is 14.0.